The SMILES string of the molecule is COc1ccc(NCc2cc(Br)ccc2OC(C)C)cc1. The summed E-state index contributed by atoms with van der Waals surface area (Å²) in [6, 6.07) is 13.9. The van der Waals surface area contributed by atoms with E-state index in [9.17, 15) is 0 Å². The lowest BCUT2D eigenvalue weighted by Crippen LogP contribution is -2.09. The molecule has 0 aliphatic carbocycles. The minimum atomic E-state index is 0.158. The monoisotopic (exact) mass is 349 g/mol. The molecule has 0 aliphatic rings. The largest absolute Gasteiger partial charge is 0.497 e. The van der Waals surface area contributed by atoms with Crippen molar-refractivity contribution in [3.05, 3.63) is 52.5 Å². The number of hydrogen-bond acceptors (Lipinski definition) is 3. The molecule has 1 N–H and O–H groups in total. The van der Waals surface area contributed by atoms with Gasteiger partial charge in [0.15, 0.2) is 0 Å². The third kappa shape index (κ3) is 4.67. The zero-order valence-corrected chi connectivity index (χ0v) is 14.1. The Morgan fingerprint density at radius 1 is 1.10 bits per heavy atom. The van der Waals surface area contributed by atoms with Gasteiger partial charge in [-0.05, 0) is 56.3 Å². The molecule has 0 atom stereocenters. The molecule has 3 nitrogen and oxygen atoms in total. The van der Waals surface area contributed by atoms with Crippen molar-refractivity contribution in [2.45, 2.75) is 26.5 Å². The molecule has 0 fully saturated rings. The summed E-state index contributed by atoms with van der Waals surface area (Å²) in [6.45, 7) is 4.76. The quantitative estimate of drug-likeness (QED) is 0.807. The Hall–Kier alpha value is -1.68. The molecule has 0 aliphatic heterocycles. The first-order chi connectivity index (χ1) is 10.1. The minimum Gasteiger partial charge on any atom is -0.497 e. The molecule has 4 heteroatoms. The van der Waals surface area contributed by atoms with Gasteiger partial charge in [0.2, 0.25) is 0 Å². The van der Waals surface area contributed by atoms with E-state index in [0.717, 1.165) is 27.2 Å². The number of benzene rings is 2. The predicted molar refractivity (Wildman–Crippen MR) is 90.2 cm³/mol. The van der Waals surface area contributed by atoms with Crippen molar-refractivity contribution in [3.8, 4) is 11.5 Å². The van der Waals surface area contributed by atoms with E-state index in [1.165, 1.54) is 0 Å². The van der Waals surface area contributed by atoms with Gasteiger partial charge >= 0.3 is 0 Å². The number of anilines is 1. The fraction of sp³-hybridized carbons (Fsp3) is 0.294. The smallest absolute Gasteiger partial charge is 0.124 e. The highest BCUT2D eigenvalue weighted by Crippen LogP contribution is 2.25. The second-order valence-electron chi connectivity index (χ2n) is 5.00. The Bertz CT molecular complexity index is 582. The molecular formula is C17H20BrNO2. The molecule has 0 unspecified atom stereocenters. The van der Waals surface area contributed by atoms with Crippen LogP contribution in [0.3, 0.4) is 0 Å². The molecule has 112 valence electrons. The van der Waals surface area contributed by atoms with Crippen LogP contribution in [-0.4, -0.2) is 13.2 Å². The molecule has 0 bridgehead atoms. The maximum absolute atomic E-state index is 5.84. The Balaban J connectivity index is 2.08. The molecule has 0 heterocycles. The first-order valence-electron chi connectivity index (χ1n) is 6.91. The van der Waals surface area contributed by atoms with Crippen molar-refractivity contribution in [3.63, 3.8) is 0 Å². The van der Waals surface area contributed by atoms with Crippen LogP contribution in [-0.2, 0) is 6.54 Å². The molecule has 0 spiro atoms. The number of methoxy groups -OCH3 is 1. The van der Waals surface area contributed by atoms with Crippen LogP contribution in [0.1, 0.15) is 19.4 Å². The number of ether oxygens (including phenoxy) is 2. The van der Waals surface area contributed by atoms with Crippen LogP contribution in [0, 0.1) is 0 Å². The van der Waals surface area contributed by atoms with Crippen LogP contribution in [0.2, 0.25) is 0 Å². The van der Waals surface area contributed by atoms with Gasteiger partial charge in [0.05, 0.1) is 13.2 Å². The maximum Gasteiger partial charge on any atom is 0.124 e. The minimum absolute atomic E-state index is 0.158. The summed E-state index contributed by atoms with van der Waals surface area (Å²) < 4.78 is 12.0. The Kier molecular flexibility index (Phi) is 5.51. The average molecular weight is 350 g/mol. The lowest BCUT2D eigenvalue weighted by atomic mass is 10.2. The zero-order chi connectivity index (χ0) is 15.2. The number of rotatable bonds is 6. The normalized spacial score (nSPS) is 10.5. The summed E-state index contributed by atoms with van der Waals surface area (Å²) in [5.74, 6) is 1.76. The van der Waals surface area contributed by atoms with Crippen molar-refractivity contribution < 1.29 is 9.47 Å². The number of halogens is 1. The fourth-order valence-electron chi connectivity index (χ4n) is 1.96. The molecule has 0 aromatic heterocycles. The molecule has 0 radical (unpaired) electrons. The van der Waals surface area contributed by atoms with Crippen LogP contribution in [0.15, 0.2) is 46.9 Å². The van der Waals surface area contributed by atoms with Crippen LogP contribution >= 0.6 is 15.9 Å². The van der Waals surface area contributed by atoms with E-state index in [1.54, 1.807) is 7.11 Å². The van der Waals surface area contributed by atoms with Gasteiger partial charge < -0.3 is 14.8 Å². The van der Waals surface area contributed by atoms with E-state index in [-0.39, 0.29) is 6.10 Å². The number of hydrogen-bond donors (Lipinski definition) is 1. The van der Waals surface area contributed by atoms with Gasteiger partial charge in [0.1, 0.15) is 11.5 Å². The van der Waals surface area contributed by atoms with E-state index in [1.807, 2.05) is 50.2 Å². The molecule has 21 heavy (non-hydrogen) atoms. The topological polar surface area (TPSA) is 30.5 Å². The fourth-order valence-corrected chi connectivity index (χ4v) is 2.37. The second-order valence-corrected chi connectivity index (χ2v) is 5.92. The Labute approximate surface area is 134 Å². The highest BCUT2D eigenvalue weighted by Gasteiger charge is 2.06. The molecular weight excluding hydrogens is 330 g/mol. The van der Waals surface area contributed by atoms with Gasteiger partial charge in [-0.15, -0.1) is 0 Å². The van der Waals surface area contributed by atoms with Crippen LogP contribution < -0.4 is 14.8 Å². The van der Waals surface area contributed by atoms with Crippen molar-refractivity contribution in [2.24, 2.45) is 0 Å². The Morgan fingerprint density at radius 2 is 1.81 bits per heavy atom. The van der Waals surface area contributed by atoms with E-state index in [0.29, 0.717) is 6.54 Å². The van der Waals surface area contributed by atoms with E-state index in [4.69, 9.17) is 9.47 Å². The summed E-state index contributed by atoms with van der Waals surface area (Å²) in [5, 5.41) is 3.40. The third-order valence-corrected chi connectivity index (χ3v) is 3.45. The van der Waals surface area contributed by atoms with Gasteiger partial charge in [0, 0.05) is 22.3 Å². The van der Waals surface area contributed by atoms with Crippen molar-refractivity contribution in [1.29, 1.82) is 0 Å². The van der Waals surface area contributed by atoms with E-state index in [2.05, 4.69) is 27.3 Å². The van der Waals surface area contributed by atoms with Crippen LogP contribution in [0.5, 0.6) is 11.5 Å². The van der Waals surface area contributed by atoms with Crippen molar-refractivity contribution >= 4 is 21.6 Å². The maximum atomic E-state index is 5.84. The summed E-state index contributed by atoms with van der Waals surface area (Å²) in [5.41, 5.74) is 2.17. The third-order valence-electron chi connectivity index (χ3n) is 2.96. The summed E-state index contributed by atoms with van der Waals surface area (Å²) in [7, 11) is 1.67. The van der Waals surface area contributed by atoms with Gasteiger partial charge in [-0.25, -0.2) is 0 Å². The highest BCUT2D eigenvalue weighted by atomic mass is 79.9. The van der Waals surface area contributed by atoms with E-state index >= 15 is 0 Å². The molecule has 2 aromatic rings. The highest BCUT2D eigenvalue weighted by molar-refractivity contribution is 9.10. The first-order valence-corrected chi connectivity index (χ1v) is 7.71. The van der Waals surface area contributed by atoms with Crippen molar-refractivity contribution in [2.75, 3.05) is 12.4 Å². The van der Waals surface area contributed by atoms with Gasteiger partial charge in [-0.1, -0.05) is 15.9 Å². The summed E-state index contributed by atoms with van der Waals surface area (Å²) >= 11 is 3.51. The van der Waals surface area contributed by atoms with E-state index < -0.39 is 0 Å². The van der Waals surface area contributed by atoms with Gasteiger partial charge in [0.25, 0.3) is 0 Å². The van der Waals surface area contributed by atoms with Crippen LogP contribution in [0.25, 0.3) is 0 Å². The van der Waals surface area contributed by atoms with Gasteiger partial charge in [-0.2, -0.15) is 0 Å². The standard InChI is InChI=1S/C17H20BrNO2/c1-12(2)21-17-9-4-14(18)10-13(17)11-19-15-5-7-16(20-3)8-6-15/h4-10,12,19H,11H2,1-3H3. The molecule has 2 aromatic carbocycles. The lowest BCUT2D eigenvalue weighted by Gasteiger charge is -2.15. The lowest BCUT2D eigenvalue weighted by molar-refractivity contribution is 0.240. The average Bonchev–Trinajstić information content (AvgIpc) is 2.47. The first kappa shape index (κ1) is 15.7. The van der Waals surface area contributed by atoms with Crippen molar-refractivity contribution in [1.82, 2.24) is 0 Å². The van der Waals surface area contributed by atoms with Gasteiger partial charge in [-0.3, -0.25) is 0 Å². The zero-order valence-electron chi connectivity index (χ0n) is 12.5. The summed E-state index contributed by atoms with van der Waals surface area (Å²) in [4.78, 5) is 0. The summed E-state index contributed by atoms with van der Waals surface area (Å²) in [6.07, 6.45) is 0.158. The second kappa shape index (κ2) is 7.36. The number of nitrogens with one attached hydrogen (secondary N) is 1. The molecule has 2 rings (SSSR count). The molecule has 0 amide bonds. The predicted octanol–water partition coefficient (Wildman–Crippen LogP) is 4.86. The van der Waals surface area contributed by atoms with Crippen LogP contribution in [0.4, 0.5) is 5.69 Å². The molecule has 0 saturated carbocycles. The Morgan fingerprint density at radius 3 is 2.43 bits per heavy atom. The molecule has 0 saturated heterocycles.